The maximum Gasteiger partial charge on any atom is 0.430 e. The molecule has 2 aliphatic heterocycles. The van der Waals surface area contributed by atoms with Gasteiger partial charge in [0, 0.05) is 36.5 Å². The van der Waals surface area contributed by atoms with E-state index in [1.807, 2.05) is 0 Å². The number of ether oxygens (including phenoxy) is 2. The minimum atomic E-state index is -6.02. The van der Waals surface area contributed by atoms with Crippen LogP contribution in [0.3, 0.4) is 0 Å². The van der Waals surface area contributed by atoms with Gasteiger partial charge in [-0.2, -0.15) is 26.3 Å². The number of nitrogens with zero attached hydrogens (tertiary/aromatic N) is 1. The van der Waals surface area contributed by atoms with Crippen LogP contribution < -0.4 is 14.8 Å². The Morgan fingerprint density at radius 1 is 0.952 bits per heavy atom. The molecule has 13 heteroatoms. The summed E-state index contributed by atoms with van der Waals surface area (Å²) in [5.41, 5.74) is -5.65. The van der Waals surface area contributed by atoms with Crippen LogP contribution in [0.1, 0.15) is 35.1 Å². The Kier molecular flexibility index (Phi) is 7.28. The summed E-state index contributed by atoms with van der Waals surface area (Å²) in [6, 6.07) is 13.6. The zero-order valence-electron chi connectivity index (χ0n) is 22.0. The van der Waals surface area contributed by atoms with Gasteiger partial charge in [-0.1, -0.05) is 49.4 Å². The zero-order valence-corrected chi connectivity index (χ0v) is 22.0. The van der Waals surface area contributed by atoms with E-state index in [-0.39, 0.29) is 26.4 Å². The summed E-state index contributed by atoms with van der Waals surface area (Å²) in [4.78, 5) is 14.7. The fourth-order valence-corrected chi connectivity index (χ4v) is 5.53. The van der Waals surface area contributed by atoms with E-state index in [0.29, 0.717) is 34.8 Å². The molecule has 2 heterocycles. The second kappa shape index (κ2) is 10.4. The highest BCUT2D eigenvalue weighted by Gasteiger charge is 2.71. The van der Waals surface area contributed by atoms with E-state index in [2.05, 4.69) is 5.32 Å². The third-order valence-corrected chi connectivity index (χ3v) is 7.91. The first-order valence-corrected chi connectivity index (χ1v) is 12.8. The van der Waals surface area contributed by atoms with Crippen LogP contribution in [0.2, 0.25) is 0 Å². The molecule has 42 heavy (non-hydrogen) atoms. The van der Waals surface area contributed by atoms with Gasteiger partial charge in [-0.3, -0.25) is 0 Å². The number of alkyl halides is 6. The highest BCUT2D eigenvalue weighted by Crippen LogP contribution is 2.51. The quantitative estimate of drug-likeness (QED) is 0.347. The van der Waals surface area contributed by atoms with E-state index in [0.717, 1.165) is 17.7 Å². The van der Waals surface area contributed by atoms with Gasteiger partial charge in [0.15, 0.2) is 11.5 Å². The van der Waals surface area contributed by atoms with Crippen molar-refractivity contribution in [2.24, 2.45) is 0 Å². The molecule has 3 aromatic carbocycles. The maximum absolute atomic E-state index is 13.7. The van der Waals surface area contributed by atoms with Crippen LogP contribution in [0.15, 0.2) is 66.7 Å². The number of carbonyl (C=O) groups excluding carboxylic acids is 1. The molecule has 5 rings (SSSR count). The van der Waals surface area contributed by atoms with Crippen molar-refractivity contribution >= 4 is 6.03 Å². The van der Waals surface area contributed by atoms with E-state index >= 15 is 0 Å². The first-order chi connectivity index (χ1) is 19.6. The number of rotatable bonds is 5. The molecule has 0 aromatic heterocycles. The fourth-order valence-electron chi connectivity index (χ4n) is 5.53. The summed E-state index contributed by atoms with van der Waals surface area (Å²) in [5.74, 6) is 0.0204. The molecule has 0 radical (unpaired) electrons. The summed E-state index contributed by atoms with van der Waals surface area (Å²) < 4.78 is 105. The van der Waals surface area contributed by atoms with Crippen LogP contribution in [0.5, 0.6) is 11.5 Å². The second-order valence-electron chi connectivity index (χ2n) is 10.5. The Bertz CT molecular complexity index is 1440. The molecule has 2 atom stereocenters. The van der Waals surface area contributed by atoms with Gasteiger partial charge in [-0.25, -0.2) is 9.18 Å². The standard InChI is InChI=1S/C29H25F7N2O4/c1-26(19-7-9-21(30)10-8-19)15-38(25(39)37-13-17-2-11-23-24(12-17)42-16-41-23)14-22(26)18-3-5-20(6-4-18)27(40,28(31,32)33)29(34,35)36/h2-12,22,40H,13-16H2,1H3,(H,37,39)/t22-,26+/m0/s1. The van der Waals surface area contributed by atoms with E-state index in [9.17, 15) is 40.6 Å². The Morgan fingerprint density at radius 2 is 1.57 bits per heavy atom. The molecule has 0 spiro atoms. The lowest BCUT2D eigenvalue weighted by molar-refractivity contribution is -0.376. The lowest BCUT2D eigenvalue weighted by Gasteiger charge is -2.34. The molecule has 0 saturated carbocycles. The third-order valence-electron chi connectivity index (χ3n) is 7.91. The largest absolute Gasteiger partial charge is 0.454 e. The van der Waals surface area contributed by atoms with Crippen molar-refractivity contribution in [3.8, 4) is 11.5 Å². The summed E-state index contributed by atoms with van der Waals surface area (Å²) in [6.45, 7) is 2.20. The smallest absolute Gasteiger partial charge is 0.430 e. The predicted molar refractivity (Wildman–Crippen MR) is 135 cm³/mol. The number of hydrogen-bond donors (Lipinski definition) is 2. The number of carbonyl (C=O) groups is 1. The molecule has 0 unspecified atom stereocenters. The van der Waals surface area contributed by atoms with Gasteiger partial charge < -0.3 is 24.8 Å². The Balaban J connectivity index is 1.42. The number of urea groups is 1. The van der Waals surface area contributed by atoms with Crippen molar-refractivity contribution in [3.63, 3.8) is 0 Å². The molecule has 2 N–H and O–H groups in total. The topological polar surface area (TPSA) is 71.0 Å². The van der Waals surface area contributed by atoms with E-state index in [1.165, 1.54) is 29.2 Å². The zero-order chi connectivity index (χ0) is 30.5. The molecular formula is C29H25F7N2O4. The van der Waals surface area contributed by atoms with Gasteiger partial charge in [0.25, 0.3) is 5.60 Å². The summed E-state index contributed by atoms with van der Waals surface area (Å²) in [5, 5.41) is 12.6. The van der Waals surface area contributed by atoms with Gasteiger partial charge >= 0.3 is 18.4 Å². The van der Waals surface area contributed by atoms with E-state index in [1.54, 1.807) is 25.1 Å². The van der Waals surface area contributed by atoms with Gasteiger partial charge in [0.1, 0.15) is 5.82 Å². The van der Waals surface area contributed by atoms with E-state index in [4.69, 9.17) is 9.47 Å². The van der Waals surface area contributed by atoms with Crippen molar-refractivity contribution in [1.82, 2.24) is 10.2 Å². The first-order valence-electron chi connectivity index (χ1n) is 12.8. The molecule has 2 aliphatic rings. The van der Waals surface area contributed by atoms with Gasteiger partial charge in [-0.15, -0.1) is 0 Å². The number of hydrogen-bond acceptors (Lipinski definition) is 4. The molecule has 3 aromatic rings. The van der Waals surface area contributed by atoms with Crippen LogP contribution >= 0.6 is 0 Å². The van der Waals surface area contributed by atoms with Crippen molar-refractivity contribution in [1.29, 1.82) is 0 Å². The molecule has 0 bridgehead atoms. The molecule has 6 nitrogen and oxygen atoms in total. The van der Waals surface area contributed by atoms with Crippen molar-refractivity contribution in [2.45, 2.75) is 42.8 Å². The SMILES string of the molecule is C[C@]1(c2ccc(F)cc2)CN(C(=O)NCc2ccc3c(c2)OCO3)C[C@H]1c1ccc(C(O)(C(F)(F)F)C(F)(F)F)cc1. The normalized spacial score (nSPS) is 20.6. The molecule has 2 amide bonds. The van der Waals surface area contributed by atoms with Gasteiger partial charge in [0.2, 0.25) is 6.79 Å². The average Bonchev–Trinajstić information content (AvgIpc) is 3.55. The number of fused-ring (bicyclic) bond motifs is 1. The first kappa shape index (κ1) is 29.5. The second-order valence-corrected chi connectivity index (χ2v) is 10.5. The minimum absolute atomic E-state index is 0.0585. The fraction of sp³-hybridized carbons (Fsp3) is 0.345. The van der Waals surface area contributed by atoms with Crippen molar-refractivity contribution < 1.29 is 50.1 Å². The van der Waals surface area contributed by atoms with Gasteiger partial charge in [-0.05, 0) is 41.0 Å². The highest BCUT2D eigenvalue weighted by atomic mass is 19.4. The summed E-state index contributed by atoms with van der Waals surface area (Å²) in [6.07, 6.45) is -12.0. The van der Waals surface area contributed by atoms with Crippen LogP contribution in [-0.4, -0.2) is 48.3 Å². The summed E-state index contributed by atoms with van der Waals surface area (Å²) >= 11 is 0. The number of halogens is 7. The summed E-state index contributed by atoms with van der Waals surface area (Å²) in [7, 11) is 0. The molecule has 1 saturated heterocycles. The minimum Gasteiger partial charge on any atom is -0.454 e. The van der Waals surface area contributed by atoms with Crippen LogP contribution in [0.25, 0.3) is 0 Å². The number of likely N-dealkylation sites (tertiary alicyclic amines) is 1. The van der Waals surface area contributed by atoms with Crippen LogP contribution in [-0.2, 0) is 17.6 Å². The lowest BCUT2D eigenvalue weighted by atomic mass is 9.71. The third kappa shape index (κ3) is 5.10. The Labute approximate surface area is 235 Å². The monoisotopic (exact) mass is 598 g/mol. The Hall–Kier alpha value is -4.00. The molecule has 0 aliphatic carbocycles. The Morgan fingerprint density at radius 3 is 2.19 bits per heavy atom. The van der Waals surface area contributed by atoms with E-state index < -0.39 is 46.7 Å². The van der Waals surface area contributed by atoms with Crippen LogP contribution in [0.4, 0.5) is 35.5 Å². The predicted octanol–water partition coefficient (Wildman–Crippen LogP) is 6.13. The van der Waals surface area contributed by atoms with Crippen molar-refractivity contribution in [2.75, 3.05) is 19.9 Å². The van der Waals surface area contributed by atoms with Crippen molar-refractivity contribution in [3.05, 3.63) is 94.8 Å². The molecular weight excluding hydrogens is 573 g/mol. The number of aliphatic hydroxyl groups is 1. The van der Waals surface area contributed by atoms with Gasteiger partial charge in [0.05, 0.1) is 0 Å². The lowest BCUT2D eigenvalue weighted by Crippen LogP contribution is -2.53. The molecule has 224 valence electrons. The highest BCUT2D eigenvalue weighted by molar-refractivity contribution is 5.75. The maximum atomic E-state index is 13.7. The van der Waals surface area contributed by atoms with Crippen LogP contribution in [0, 0.1) is 5.82 Å². The number of nitrogens with one attached hydrogen (secondary N) is 1. The average molecular weight is 599 g/mol. The molecule has 1 fully saturated rings. The number of amides is 2. The number of benzene rings is 3.